The molecule has 0 atom stereocenters. The van der Waals surface area contributed by atoms with Gasteiger partial charge in [-0.25, -0.2) is 4.39 Å². The molecule has 0 bridgehead atoms. The number of nitrogens with zero attached hydrogens (tertiary/aromatic N) is 1. The van der Waals surface area contributed by atoms with Gasteiger partial charge in [0.1, 0.15) is 5.82 Å². The molecule has 0 spiro atoms. The lowest BCUT2D eigenvalue weighted by Gasteiger charge is -2.13. The first kappa shape index (κ1) is 19.1. The lowest BCUT2D eigenvalue weighted by atomic mass is 10.1. The molecule has 136 valence electrons. The summed E-state index contributed by atoms with van der Waals surface area (Å²) in [7, 11) is 0. The van der Waals surface area contributed by atoms with Gasteiger partial charge in [-0.1, -0.05) is 12.1 Å². The number of hydrogen-bond acceptors (Lipinski definition) is 4. The van der Waals surface area contributed by atoms with Crippen LogP contribution in [0.15, 0.2) is 18.2 Å². The molecule has 1 saturated heterocycles. The van der Waals surface area contributed by atoms with Crippen LogP contribution in [0, 0.1) is 12.7 Å². The van der Waals surface area contributed by atoms with Crippen molar-refractivity contribution >= 4 is 17.7 Å². The van der Waals surface area contributed by atoms with Gasteiger partial charge < -0.3 is 10.1 Å². The largest absolute Gasteiger partial charge is 0.378 e. The fourth-order valence-electron chi connectivity index (χ4n) is 2.60. The number of aryl methyl sites for hydroxylation is 2. The van der Waals surface area contributed by atoms with Crippen LogP contribution in [0.4, 0.5) is 4.39 Å². The van der Waals surface area contributed by atoms with E-state index in [-0.39, 0.29) is 49.5 Å². The zero-order valence-corrected chi connectivity index (χ0v) is 14.3. The van der Waals surface area contributed by atoms with Crippen LogP contribution in [0.25, 0.3) is 0 Å². The first-order chi connectivity index (χ1) is 12.0. The summed E-state index contributed by atoms with van der Waals surface area (Å²) in [6.07, 6.45) is 1.43. The molecule has 0 aliphatic carbocycles. The van der Waals surface area contributed by atoms with Crippen LogP contribution in [0.2, 0.25) is 0 Å². The van der Waals surface area contributed by atoms with Gasteiger partial charge in [-0.2, -0.15) is 0 Å². The van der Waals surface area contributed by atoms with Crippen LogP contribution in [-0.4, -0.2) is 48.9 Å². The average molecular weight is 350 g/mol. The number of nitrogens with one attached hydrogen (secondary N) is 1. The predicted octanol–water partition coefficient (Wildman–Crippen LogP) is 1.35. The van der Waals surface area contributed by atoms with E-state index in [1.54, 1.807) is 19.1 Å². The van der Waals surface area contributed by atoms with E-state index in [1.807, 2.05) is 0 Å². The highest BCUT2D eigenvalue weighted by Gasteiger charge is 2.28. The Hall–Kier alpha value is -2.28. The molecule has 1 aliphatic rings. The number of rotatable bonds is 9. The zero-order chi connectivity index (χ0) is 18.2. The summed E-state index contributed by atoms with van der Waals surface area (Å²) in [6, 6.07) is 4.83. The van der Waals surface area contributed by atoms with Gasteiger partial charge in [-0.15, -0.1) is 0 Å². The molecular formula is C18H23FN2O4. The summed E-state index contributed by atoms with van der Waals surface area (Å²) in [6.45, 7) is 2.90. The first-order valence-corrected chi connectivity index (χ1v) is 8.40. The Morgan fingerprint density at radius 3 is 2.64 bits per heavy atom. The van der Waals surface area contributed by atoms with E-state index in [4.69, 9.17) is 4.74 Å². The van der Waals surface area contributed by atoms with Crippen LogP contribution in [0.3, 0.4) is 0 Å². The average Bonchev–Trinajstić information content (AvgIpc) is 2.90. The monoisotopic (exact) mass is 350 g/mol. The quantitative estimate of drug-likeness (QED) is 0.539. The van der Waals surface area contributed by atoms with Gasteiger partial charge in [0.05, 0.1) is 19.8 Å². The molecule has 1 fully saturated rings. The molecule has 1 heterocycles. The highest BCUT2D eigenvalue weighted by atomic mass is 19.1. The lowest BCUT2D eigenvalue weighted by Crippen LogP contribution is -2.33. The molecule has 0 aromatic heterocycles. The summed E-state index contributed by atoms with van der Waals surface area (Å²) in [5.74, 6) is -0.658. The van der Waals surface area contributed by atoms with Crippen molar-refractivity contribution < 1.29 is 23.5 Å². The molecular weight excluding hydrogens is 327 g/mol. The van der Waals surface area contributed by atoms with E-state index in [0.717, 1.165) is 5.56 Å². The molecule has 1 aliphatic heterocycles. The minimum Gasteiger partial charge on any atom is -0.378 e. The Balaban J connectivity index is 1.54. The standard InChI is InChI=1S/C18H23FN2O4/c1-13-12-14(2-4-15(13)19)3-5-16(22)20-8-10-25-11-9-21-17(23)6-7-18(21)24/h2,4,12H,3,5-11H2,1H3,(H,20,22). The normalized spacial score (nSPS) is 14.2. The number of halogens is 1. The lowest BCUT2D eigenvalue weighted by molar-refractivity contribution is -0.139. The Bertz CT molecular complexity index is 632. The van der Waals surface area contributed by atoms with Crippen LogP contribution in [0.1, 0.15) is 30.4 Å². The molecule has 0 saturated carbocycles. The van der Waals surface area contributed by atoms with Gasteiger partial charge in [-0.05, 0) is 30.5 Å². The van der Waals surface area contributed by atoms with Gasteiger partial charge >= 0.3 is 0 Å². The molecule has 7 heteroatoms. The fourth-order valence-corrected chi connectivity index (χ4v) is 2.60. The Morgan fingerprint density at radius 1 is 1.24 bits per heavy atom. The first-order valence-electron chi connectivity index (χ1n) is 8.40. The van der Waals surface area contributed by atoms with Crippen molar-refractivity contribution in [1.29, 1.82) is 0 Å². The van der Waals surface area contributed by atoms with Gasteiger partial charge in [-0.3, -0.25) is 19.3 Å². The van der Waals surface area contributed by atoms with E-state index in [9.17, 15) is 18.8 Å². The minimum atomic E-state index is -0.248. The van der Waals surface area contributed by atoms with Gasteiger partial charge in [0.2, 0.25) is 17.7 Å². The van der Waals surface area contributed by atoms with Crippen molar-refractivity contribution in [3.05, 3.63) is 35.1 Å². The Morgan fingerprint density at radius 2 is 1.96 bits per heavy atom. The number of ether oxygens (including phenoxy) is 1. The molecule has 3 amide bonds. The smallest absolute Gasteiger partial charge is 0.229 e. The van der Waals surface area contributed by atoms with Gasteiger partial charge in [0.25, 0.3) is 0 Å². The predicted molar refractivity (Wildman–Crippen MR) is 89.2 cm³/mol. The molecule has 0 radical (unpaired) electrons. The summed E-state index contributed by atoms with van der Waals surface area (Å²) in [5.41, 5.74) is 1.49. The second kappa shape index (κ2) is 9.27. The van der Waals surface area contributed by atoms with Crippen LogP contribution in [-0.2, 0) is 25.5 Å². The summed E-state index contributed by atoms with van der Waals surface area (Å²) in [5, 5.41) is 2.74. The number of carbonyl (C=O) groups excluding carboxylic acids is 3. The van der Waals surface area contributed by atoms with Crippen molar-refractivity contribution in [2.24, 2.45) is 0 Å². The number of likely N-dealkylation sites (tertiary alicyclic amines) is 1. The van der Waals surface area contributed by atoms with Crippen molar-refractivity contribution in [3.63, 3.8) is 0 Å². The second-order valence-corrected chi connectivity index (χ2v) is 5.98. The maximum atomic E-state index is 13.2. The Kier molecular flexibility index (Phi) is 7.06. The fraction of sp³-hybridized carbons (Fsp3) is 0.500. The third-order valence-electron chi connectivity index (χ3n) is 4.05. The maximum Gasteiger partial charge on any atom is 0.229 e. The Labute approximate surface area is 146 Å². The molecule has 25 heavy (non-hydrogen) atoms. The van der Waals surface area contributed by atoms with E-state index in [0.29, 0.717) is 31.6 Å². The summed E-state index contributed by atoms with van der Waals surface area (Å²) < 4.78 is 18.5. The maximum absolute atomic E-state index is 13.2. The molecule has 1 N–H and O–H groups in total. The molecule has 0 unspecified atom stereocenters. The van der Waals surface area contributed by atoms with Gasteiger partial charge in [0, 0.05) is 25.8 Å². The summed E-state index contributed by atoms with van der Waals surface area (Å²) >= 11 is 0. The SMILES string of the molecule is Cc1cc(CCC(=O)NCCOCCN2C(=O)CCC2=O)ccc1F. The number of benzene rings is 1. The van der Waals surface area contributed by atoms with Gasteiger partial charge in [0.15, 0.2) is 0 Å². The van der Waals surface area contributed by atoms with Crippen molar-refractivity contribution in [2.75, 3.05) is 26.3 Å². The van der Waals surface area contributed by atoms with Crippen molar-refractivity contribution in [1.82, 2.24) is 10.2 Å². The van der Waals surface area contributed by atoms with Crippen LogP contribution >= 0.6 is 0 Å². The third-order valence-corrected chi connectivity index (χ3v) is 4.05. The number of hydrogen-bond donors (Lipinski definition) is 1. The molecule has 1 aromatic rings. The second-order valence-electron chi connectivity index (χ2n) is 5.98. The zero-order valence-electron chi connectivity index (χ0n) is 14.3. The van der Waals surface area contributed by atoms with Crippen molar-refractivity contribution in [3.8, 4) is 0 Å². The van der Waals surface area contributed by atoms with E-state index < -0.39 is 0 Å². The number of carbonyl (C=O) groups is 3. The van der Waals surface area contributed by atoms with Crippen LogP contribution in [0.5, 0.6) is 0 Å². The number of imide groups is 1. The highest BCUT2D eigenvalue weighted by Crippen LogP contribution is 2.11. The third kappa shape index (κ3) is 5.94. The topological polar surface area (TPSA) is 75.7 Å². The van der Waals surface area contributed by atoms with E-state index >= 15 is 0 Å². The summed E-state index contributed by atoms with van der Waals surface area (Å²) in [4.78, 5) is 35.8. The molecule has 6 nitrogen and oxygen atoms in total. The van der Waals surface area contributed by atoms with Crippen molar-refractivity contribution in [2.45, 2.75) is 32.6 Å². The highest BCUT2D eigenvalue weighted by molar-refractivity contribution is 6.01. The minimum absolute atomic E-state index is 0.101. The molecule has 2 rings (SSSR count). The molecule has 1 aromatic carbocycles. The van der Waals surface area contributed by atoms with Crippen LogP contribution < -0.4 is 5.32 Å². The van der Waals surface area contributed by atoms with E-state index in [2.05, 4.69) is 5.32 Å². The number of amides is 3. The van der Waals surface area contributed by atoms with E-state index in [1.165, 1.54) is 11.0 Å².